The summed E-state index contributed by atoms with van der Waals surface area (Å²) in [6.07, 6.45) is 0.242. The second-order valence-corrected chi connectivity index (χ2v) is 6.70. The maximum atomic E-state index is 10.1. The quantitative estimate of drug-likeness (QED) is 0.839. The van der Waals surface area contributed by atoms with Crippen molar-refractivity contribution in [2.45, 2.75) is 12.5 Å². The van der Waals surface area contributed by atoms with Crippen molar-refractivity contribution < 1.29 is 5.11 Å². The molecule has 0 bridgehead atoms. The van der Waals surface area contributed by atoms with E-state index in [1.54, 1.807) is 22.7 Å². The van der Waals surface area contributed by atoms with E-state index in [-0.39, 0.29) is 0 Å². The van der Waals surface area contributed by atoms with E-state index < -0.39 is 6.10 Å². The van der Waals surface area contributed by atoms with Gasteiger partial charge in [0.05, 0.1) is 6.10 Å². The van der Waals surface area contributed by atoms with Gasteiger partial charge in [0, 0.05) is 25.1 Å². The Morgan fingerprint density at radius 1 is 1.13 bits per heavy atom. The first-order valence-electron chi connectivity index (χ1n) is 4.31. The summed E-state index contributed by atoms with van der Waals surface area (Å²) >= 11 is 10.1. The van der Waals surface area contributed by atoms with E-state index in [1.807, 2.05) is 22.9 Å². The lowest BCUT2D eigenvalue weighted by Gasteiger charge is -2.08. The molecule has 1 N–H and O–H groups in total. The number of hydrogen-bond acceptors (Lipinski definition) is 3. The maximum absolute atomic E-state index is 10.1. The zero-order valence-electron chi connectivity index (χ0n) is 7.61. The number of rotatable bonds is 3. The van der Waals surface area contributed by atoms with E-state index in [0.29, 0.717) is 6.42 Å². The standard InChI is InChI=1S/C10H8Br2OS2/c11-6-1-3-14-9(6)5-8(13)10-7(12)2-4-15-10/h1-4,8,13H,5H2. The topological polar surface area (TPSA) is 20.2 Å². The van der Waals surface area contributed by atoms with Crippen LogP contribution in [-0.2, 0) is 6.42 Å². The van der Waals surface area contributed by atoms with Crippen molar-refractivity contribution in [1.82, 2.24) is 0 Å². The highest BCUT2D eigenvalue weighted by atomic mass is 79.9. The molecule has 0 amide bonds. The monoisotopic (exact) mass is 366 g/mol. The van der Waals surface area contributed by atoms with Crippen LogP contribution in [0.3, 0.4) is 0 Å². The maximum Gasteiger partial charge on any atom is 0.0941 e. The zero-order valence-corrected chi connectivity index (χ0v) is 12.4. The first kappa shape index (κ1) is 11.8. The third-order valence-electron chi connectivity index (χ3n) is 2.02. The van der Waals surface area contributed by atoms with Gasteiger partial charge in [-0.1, -0.05) is 0 Å². The molecular weight excluding hydrogens is 360 g/mol. The molecule has 1 atom stereocenters. The van der Waals surface area contributed by atoms with E-state index in [0.717, 1.165) is 13.8 Å². The van der Waals surface area contributed by atoms with Crippen LogP contribution in [0.15, 0.2) is 31.8 Å². The summed E-state index contributed by atoms with van der Waals surface area (Å²) in [6.45, 7) is 0. The summed E-state index contributed by atoms with van der Waals surface area (Å²) in [7, 11) is 0. The van der Waals surface area contributed by atoms with Gasteiger partial charge in [-0.25, -0.2) is 0 Å². The normalized spacial score (nSPS) is 13.0. The molecule has 80 valence electrons. The molecule has 2 aromatic heterocycles. The van der Waals surface area contributed by atoms with Gasteiger partial charge in [0.1, 0.15) is 0 Å². The lowest BCUT2D eigenvalue weighted by molar-refractivity contribution is 0.182. The van der Waals surface area contributed by atoms with Crippen LogP contribution in [0.4, 0.5) is 0 Å². The van der Waals surface area contributed by atoms with Gasteiger partial charge in [-0.05, 0) is 54.8 Å². The highest BCUT2D eigenvalue weighted by Crippen LogP contribution is 2.33. The summed E-state index contributed by atoms with van der Waals surface area (Å²) in [6, 6.07) is 3.98. The van der Waals surface area contributed by atoms with Gasteiger partial charge in [0.2, 0.25) is 0 Å². The Hall–Kier alpha value is 0.320. The van der Waals surface area contributed by atoms with Crippen LogP contribution in [-0.4, -0.2) is 5.11 Å². The molecular formula is C10H8Br2OS2. The average Bonchev–Trinajstić information content (AvgIpc) is 2.76. The van der Waals surface area contributed by atoms with E-state index in [4.69, 9.17) is 0 Å². The molecule has 1 unspecified atom stereocenters. The summed E-state index contributed by atoms with van der Waals surface area (Å²) in [5.74, 6) is 0. The minimum absolute atomic E-state index is 0.422. The van der Waals surface area contributed by atoms with Crippen molar-refractivity contribution in [3.05, 3.63) is 41.6 Å². The number of aliphatic hydroxyl groups is 1. The average molecular weight is 368 g/mol. The van der Waals surface area contributed by atoms with Crippen LogP contribution < -0.4 is 0 Å². The van der Waals surface area contributed by atoms with Crippen molar-refractivity contribution in [1.29, 1.82) is 0 Å². The molecule has 0 aliphatic heterocycles. The van der Waals surface area contributed by atoms with Crippen LogP contribution in [0.1, 0.15) is 15.9 Å². The molecule has 15 heavy (non-hydrogen) atoms. The Balaban J connectivity index is 2.14. The molecule has 5 heteroatoms. The number of hydrogen-bond donors (Lipinski definition) is 1. The smallest absolute Gasteiger partial charge is 0.0941 e. The molecule has 0 saturated heterocycles. The van der Waals surface area contributed by atoms with Gasteiger partial charge in [0.25, 0.3) is 0 Å². The minimum atomic E-state index is -0.422. The predicted octanol–water partition coefficient (Wildman–Crippen LogP) is 4.61. The molecule has 0 spiro atoms. The fraction of sp³-hybridized carbons (Fsp3) is 0.200. The highest BCUT2D eigenvalue weighted by Gasteiger charge is 2.15. The van der Waals surface area contributed by atoms with E-state index in [2.05, 4.69) is 31.9 Å². The van der Waals surface area contributed by atoms with Gasteiger partial charge >= 0.3 is 0 Å². The first-order valence-corrected chi connectivity index (χ1v) is 7.66. The Morgan fingerprint density at radius 2 is 1.80 bits per heavy atom. The van der Waals surface area contributed by atoms with Gasteiger partial charge in [-0.2, -0.15) is 0 Å². The minimum Gasteiger partial charge on any atom is -0.387 e. The molecule has 0 aromatic carbocycles. The molecule has 0 saturated carbocycles. The SMILES string of the molecule is OC(Cc1sccc1Br)c1sccc1Br. The van der Waals surface area contributed by atoms with Crippen molar-refractivity contribution >= 4 is 54.5 Å². The second kappa shape index (κ2) is 5.10. The van der Waals surface area contributed by atoms with Crippen molar-refractivity contribution in [2.75, 3.05) is 0 Å². The summed E-state index contributed by atoms with van der Waals surface area (Å²) in [4.78, 5) is 2.18. The third-order valence-corrected chi connectivity index (χ3v) is 5.94. The van der Waals surface area contributed by atoms with Crippen LogP contribution in [0.2, 0.25) is 0 Å². The first-order chi connectivity index (χ1) is 7.18. The third kappa shape index (κ3) is 2.71. The van der Waals surface area contributed by atoms with E-state index in [9.17, 15) is 5.11 Å². The number of halogens is 2. The second-order valence-electron chi connectivity index (χ2n) is 3.04. The molecule has 2 aromatic rings. The fourth-order valence-corrected chi connectivity index (χ4v) is 4.46. The van der Waals surface area contributed by atoms with Crippen molar-refractivity contribution in [2.24, 2.45) is 0 Å². The summed E-state index contributed by atoms with van der Waals surface area (Å²) < 4.78 is 2.08. The lowest BCUT2D eigenvalue weighted by Crippen LogP contribution is -1.98. The van der Waals surface area contributed by atoms with Gasteiger partial charge in [-0.3, -0.25) is 0 Å². The van der Waals surface area contributed by atoms with Crippen molar-refractivity contribution in [3.63, 3.8) is 0 Å². The van der Waals surface area contributed by atoms with Crippen LogP contribution in [0.25, 0.3) is 0 Å². The Kier molecular flexibility index (Phi) is 4.01. The Morgan fingerprint density at radius 3 is 2.33 bits per heavy atom. The number of aliphatic hydroxyl groups excluding tert-OH is 1. The van der Waals surface area contributed by atoms with Crippen LogP contribution >= 0.6 is 54.5 Å². The van der Waals surface area contributed by atoms with Crippen molar-refractivity contribution in [3.8, 4) is 0 Å². The molecule has 0 fully saturated rings. The van der Waals surface area contributed by atoms with Gasteiger partial charge in [0.15, 0.2) is 0 Å². The predicted molar refractivity (Wildman–Crippen MR) is 72.7 cm³/mol. The molecule has 0 aliphatic carbocycles. The molecule has 2 heterocycles. The molecule has 1 nitrogen and oxygen atoms in total. The highest BCUT2D eigenvalue weighted by molar-refractivity contribution is 9.10. The van der Waals surface area contributed by atoms with E-state index in [1.165, 1.54) is 4.88 Å². The number of thiophene rings is 2. The van der Waals surface area contributed by atoms with Gasteiger partial charge < -0.3 is 5.11 Å². The summed E-state index contributed by atoms with van der Waals surface area (Å²) in [5, 5.41) is 14.1. The largest absolute Gasteiger partial charge is 0.387 e. The van der Waals surface area contributed by atoms with Crippen LogP contribution in [0.5, 0.6) is 0 Å². The Bertz CT molecular complexity index is 450. The molecule has 2 rings (SSSR count). The Labute approximate surface area is 113 Å². The van der Waals surface area contributed by atoms with Crippen LogP contribution in [0, 0.1) is 0 Å². The molecule has 0 aliphatic rings. The molecule has 0 radical (unpaired) electrons. The zero-order chi connectivity index (χ0) is 10.8. The lowest BCUT2D eigenvalue weighted by atomic mass is 10.2. The van der Waals surface area contributed by atoms with Gasteiger partial charge in [-0.15, -0.1) is 22.7 Å². The fourth-order valence-electron chi connectivity index (χ4n) is 1.28. The van der Waals surface area contributed by atoms with E-state index >= 15 is 0 Å². The summed E-state index contributed by atoms with van der Waals surface area (Å²) in [5.41, 5.74) is 0.